The molecule has 0 amide bonds. The first-order valence-corrected chi connectivity index (χ1v) is 13.1. The monoisotopic (exact) mass is 476 g/mol. The van der Waals surface area contributed by atoms with Crippen LogP contribution in [0, 0.1) is 6.92 Å². The molecule has 2 bridgehead atoms. The number of pyridine rings is 2. The number of furan rings is 1. The number of rotatable bonds is 0. The summed E-state index contributed by atoms with van der Waals surface area (Å²) in [5.74, 6) is 0.499. The fourth-order valence-corrected chi connectivity index (χ4v) is 7.26. The van der Waals surface area contributed by atoms with E-state index in [0.29, 0.717) is 0 Å². The van der Waals surface area contributed by atoms with E-state index in [1.54, 1.807) is 0 Å². The molecule has 37 heavy (non-hydrogen) atoms. The first kappa shape index (κ1) is 19.7. The highest BCUT2D eigenvalue weighted by molar-refractivity contribution is 6.10. The Morgan fingerprint density at radius 2 is 1.59 bits per heavy atom. The summed E-state index contributed by atoms with van der Waals surface area (Å²) in [5.41, 5.74) is 12.4. The molecule has 3 heteroatoms. The lowest BCUT2D eigenvalue weighted by Gasteiger charge is -2.30. The van der Waals surface area contributed by atoms with Crippen LogP contribution in [0.3, 0.4) is 0 Å². The van der Waals surface area contributed by atoms with Gasteiger partial charge in [-0.15, -0.1) is 0 Å². The number of fused-ring (bicyclic) bond motifs is 12. The number of hydrogen-bond donors (Lipinski definition) is 0. The molecule has 0 spiro atoms. The highest BCUT2D eigenvalue weighted by atomic mass is 16.3. The molecule has 3 aliphatic rings. The number of aryl methyl sites for hydroxylation is 1. The fraction of sp³-hybridized carbons (Fsp3) is 0.118. The van der Waals surface area contributed by atoms with Gasteiger partial charge in [0.1, 0.15) is 17.1 Å². The lowest BCUT2D eigenvalue weighted by Crippen LogP contribution is -2.50. The Balaban J connectivity index is 1.42. The van der Waals surface area contributed by atoms with Gasteiger partial charge in [0.15, 0.2) is 24.1 Å². The van der Waals surface area contributed by atoms with Crippen molar-refractivity contribution in [1.29, 1.82) is 0 Å². The molecule has 3 nitrogen and oxygen atoms in total. The van der Waals surface area contributed by atoms with Gasteiger partial charge in [0.25, 0.3) is 0 Å². The standard InChI is InChI=1S/C34H24N2O/c1-20-15-17-35-28(18-20)32-24(13-14-25-22-9-4-5-12-30(22)37-34(25)32)26-19-29(35)31-23-10-3-2-8-21(23)27-11-6-7-16-36(27)33(26)31/h2-19,26,31,33H,1H3/q+2. The molecule has 3 atom stereocenters. The Morgan fingerprint density at radius 1 is 0.730 bits per heavy atom. The molecule has 6 aromatic rings. The molecule has 3 aromatic carbocycles. The highest BCUT2D eigenvalue weighted by Crippen LogP contribution is 2.56. The first-order chi connectivity index (χ1) is 18.3. The molecule has 0 saturated carbocycles. The Hall–Kier alpha value is -4.50. The van der Waals surface area contributed by atoms with Gasteiger partial charge in [0, 0.05) is 35.0 Å². The molecule has 5 heterocycles. The van der Waals surface area contributed by atoms with Crippen LogP contribution in [0.4, 0.5) is 0 Å². The average Bonchev–Trinajstić information content (AvgIpc) is 3.48. The second-order valence-electron chi connectivity index (χ2n) is 10.6. The molecule has 3 aromatic heterocycles. The number of nitrogens with zero attached hydrogens (tertiary/aromatic N) is 2. The van der Waals surface area contributed by atoms with Crippen LogP contribution < -0.4 is 9.13 Å². The van der Waals surface area contributed by atoms with Crippen molar-refractivity contribution in [1.82, 2.24) is 0 Å². The molecule has 9 rings (SSSR count). The summed E-state index contributed by atoms with van der Waals surface area (Å²) in [5, 5.41) is 2.36. The summed E-state index contributed by atoms with van der Waals surface area (Å²) >= 11 is 0. The van der Waals surface area contributed by atoms with Crippen LogP contribution in [0.2, 0.25) is 0 Å². The maximum atomic E-state index is 6.63. The topological polar surface area (TPSA) is 20.9 Å². The van der Waals surface area contributed by atoms with E-state index in [2.05, 4.69) is 126 Å². The highest BCUT2D eigenvalue weighted by Gasteiger charge is 2.56. The number of hydrogen-bond acceptors (Lipinski definition) is 1. The van der Waals surface area contributed by atoms with Gasteiger partial charge in [-0.25, -0.2) is 0 Å². The number of para-hydroxylation sites is 1. The quantitative estimate of drug-likeness (QED) is 0.214. The van der Waals surface area contributed by atoms with Crippen LogP contribution in [0.5, 0.6) is 0 Å². The maximum absolute atomic E-state index is 6.63. The summed E-state index contributed by atoms with van der Waals surface area (Å²) in [6, 6.07) is 33.4. The van der Waals surface area contributed by atoms with Crippen LogP contribution in [0.1, 0.15) is 34.6 Å². The molecule has 174 valence electrons. The van der Waals surface area contributed by atoms with Crippen LogP contribution >= 0.6 is 0 Å². The second kappa shape index (κ2) is 6.83. The van der Waals surface area contributed by atoms with Crippen LogP contribution in [0.15, 0.2) is 114 Å². The Morgan fingerprint density at radius 3 is 2.57 bits per heavy atom. The third-order valence-electron chi connectivity index (χ3n) is 8.74. The molecule has 1 aliphatic carbocycles. The van der Waals surface area contributed by atoms with Crippen molar-refractivity contribution >= 4 is 27.6 Å². The molecule has 0 fully saturated rings. The number of allylic oxidation sites excluding steroid dienone is 2. The lowest BCUT2D eigenvalue weighted by molar-refractivity contribution is -0.719. The van der Waals surface area contributed by atoms with Crippen LogP contribution in [-0.2, 0) is 0 Å². The lowest BCUT2D eigenvalue weighted by atomic mass is 9.77. The second-order valence-corrected chi connectivity index (χ2v) is 10.6. The van der Waals surface area contributed by atoms with E-state index in [9.17, 15) is 0 Å². The van der Waals surface area contributed by atoms with Gasteiger partial charge in [-0.2, -0.15) is 9.13 Å². The summed E-state index contributed by atoms with van der Waals surface area (Å²) < 4.78 is 11.6. The van der Waals surface area contributed by atoms with Gasteiger partial charge in [-0.1, -0.05) is 48.5 Å². The zero-order chi connectivity index (χ0) is 24.2. The fourth-order valence-electron chi connectivity index (χ4n) is 7.26. The van der Waals surface area contributed by atoms with Gasteiger partial charge in [0.05, 0.1) is 17.0 Å². The van der Waals surface area contributed by atoms with Gasteiger partial charge in [0.2, 0.25) is 11.4 Å². The summed E-state index contributed by atoms with van der Waals surface area (Å²) in [7, 11) is 0. The SMILES string of the molecule is Cc1cc[n+]2c(c1)-c1c(ccc3c1oc1ccccc13)C1C=C2C2c3ccccc3-c3cccc[n+]3C12. The van der Waals surface area contributed by atoms with Crippen molar-refractivity contribution in [2.45, 2.75) is 24.8 Å². The van der Waals surface area contributed by atoms with E-state index in [1.165, 1.54) is 55.7 Å². The van der Waals surface area contributed by atoms with E-state index in [0.717, 1.165) is 11.2 Å². The molecular weight excluding hydrogens is 452 g/mol. The summed E-state index contributed by atoms with van der Waals surface area (Å²) in [6.45, 7) is 2.18. The largest absolute Gasteiger partial charge is 0.455 e. The van der Waals surface area contributed by atoms with Crippen LogP contribution in [-0.4, -0.2) is 0 Å². The molecule has 3 unspecified atom stereocenters. The zero-order valence-corrected chi connectivity index (χ0v) is 20.4. The smallest absolute Gasteiger partial charge is 0.222 e. The minimum Gasteiger partial charge on any atom is -0.455 e. The van der Waals surface area contributed by atoms with Crippen molar-refractivity contribution in [3.63, 3.8) is 0 Å². The van der Waals surface area contributed by atoms with Gasteiger partial charge in [-0.05, 0) is 47.9 Å². The predicted octanol–water partition coefficient (Wildman–Crippen LogP) is 7.09. The average molecular weight is 477 g/mol. The molecule has 0 N–H and O–H groups in total. The van der Waals surface area contributed by atoms with Crippen LogP contribution in [0.25, 0.3) is 50.2 Å². The van der Waals surface area contributed by atoms with Gasteiger partial charge >= 0.3 is 0 Å². The molecule has 2 aliphatic heterocycles. The maximum Gasteiger partial charge on any atom is 0.222 e. The number of aromatic nitrogens is 2. The van der Waals surface area contributed by atoms with Gasteiger partial charge < -0.3 is 4.42 Å². The van der Waals surface area contributed by atoms with E-state index < -0.39 is 0 Å². The minimum atomic E-state index is 0.229. The number of benzene rings is 3. The van der Waals surface area contributed by atoms with Crippen molar-refractivity contribution < 1.29 is 13.6 Å². The summed E-state index contributed by atoms with van der Waals surface area (Å²) in [4.78, 5) is 0. The van der Waals surface area contributed by atoms with Crippen molar-refractivity contribution in [3.05, 3.63) is 126 Å². The zero-order valence-electron chi connectivity index (χ0n) is 20.4. The Kier molecular flexibility index (Phi) is 3.63. The van der Waals surface area contributed by atoms with Gasteiger partial charge in [-0.3, -0.25) is 0 Å². The van der Waals surface area contributed by atoms with Crippen molar-refractivity contribution in [2.75, 3.05) is 0 Å². The molecular formula is C34H24N2O+2. The predicted molar refractivity (Wildman–Crippen MR) is 145 cm³/mol. The minimum absolute atomic E-state index is 0.229. The molecule has 0 saturated heterocycles. The van der Waals surface area contributed by atoms with E-state index in [4.69, 9.17) is 4.42 Å². The van der Waals surface area contributed by atoms with E-state index in [-0.39, 0.29) is 17.9 Å². The Labute approximate surface area is 214 Å². The molecule has 0 radical (unpaired) electrons. The van der Waals surface area contributed by atoms with Crippen molar-refractivity contribution in [2.24, 2.45) is 0 Å². The summed E-state index contributed by atoms with van der Waals surface area (Å²) in [6.07, 6.45) is 7.06. The van der Waals surface area contributed by atoms with E-state index >= 15 is 0 Å². The normalized spacial score (nSPS) is 20.5. The third-order valence-corrected chi connectivity index (χ3v) is 8.74. The Bertz CT molecular complexity index is 1980. The first-order valence-electron chi connectivity index (χ1n) is 13.1. The van der Waals surface area contributed by atoms with Crippen molar-refractivity contribution in [3.8, 4) is 22.5 Å². The van der Waals surface area contributed by atoms with E-state index in [1.807, 2.05) is 0 Å². The third kappa shape index (κ3) is 2.42.